The first-order valence-corrected chi connectivity index (χ1v) is 5.93. The van der Waals surface area contributed by atoms with Gasteiger partial charge in [0.05, 0.1) is 5.76 Å². The molecule has 0 aromatic carbocycles. The molecule has 0 fully saturated rings. The van der Waals surface area contributed by atoms with Crippen LogP contribution in [0, 0.1) is 11.8 Å². The molecule has 0 aromatic rings. The summed E-state index contributed by atoms with van der Waals surface area (Å²) in [7, 11) is 0. The second kappa shape index (κ2) is 4.88. The molecule has 0 aromatic heterocycles. The smallest absolute Gasteiger partial charge is 0.381 e. The zero-order valence-electron chi connectivity index (χ0n) is 10.3. The Morgan fingerprint density at radius 2 is 1.71 bits per heavy atom. The lowest BCUT2D eigenvalue weighted by atomic mass is 10.1. The maximum absolute atomic E-state index is 13.2. The van der Waals surface area contributed by atoms with Gasteiger partial charge in [0, 0.05) is 5.92 Å². The molecule has 0 heterocycles. The highest BCUT2D eigenvalue weighted by Gasteiger charge is 2.75. The molecule has 1 nitrogen and oxygen atoms in total. The Morgan fingerprint density at radius 3 is 2.14 bits per heavy atom. The van der Waals surface area contributed by atoms with E-state index in [-0.39, 0.29) is 17.6 Å². The molecule has 0 spiro atoms. The summed E-state index contributed by atoms with van der Waals surface area (Å²) < 4.78 is 106. The number of rotatable bonds is 6. The van der Waals surface area contributed by atoms with Crippen molar-refractivity contribution in [1.29, 1.82) is 0 Å². The predicted molar refractivity (Wildman–Crippen MR) is 55.6 cm³/mol. The molecule has 0 saturated heterocycles. The summed E-state index contributed by atoms with van der Waals surface area (Å²) in [6.45, 7) is -2.09. The lowest BCUT2D eigenvalue weighted by Crippen LogP contribution is -2.59. The topological polar surface area (TPSA) is 9.23 Å². The molecule has 9 heteroatoms. The summed E-state index contributed by atoms with van der Waals surface area (Å²) in [5.74, 6) is -18.3. The van der Waals surface area contributed by atoms with Gasteiger partial charge in [0.15, 0.2) is 6.61 Å². The summed E-state index contributed by atoms with van der Waals surface area (Å²) in [6.07, 6.45) is 0.400. The van der Waals surface area contributed by atoms with Crippen LogP contribution in [0.1, 0.15) is 6.42 Å². The SMILES string of the molecule is FC(F)C(F)(F)C(F)(F)C(F)(F)COC1=CC2C=CC1C2. The lowest BCUT2D eigenvalue weighted by Gasteiger charge is -2.32. The van der Waals surface area contributed by atoms with Crippen LogP contribution in [-0.2, 0) is 4.74 Å². The Bertz CT molecular complexity index is 468. The van der Waals surface area contributed by atoms with E-state index >= 15 is 0 Å². The van der Waals surface area contributed by atoms with Gasteiger partial charge in [-0.15, -0.1) is 0 Å². The Kier molecular flexibility index (Phi) is 3.74. The maximum Gasteiger partial charge on any atom is 0.381 e. The molecule has 0 radical (unpaired) electrons. The summed E-state index contributed by atoms with van der Waals surface area (Å²) in [5.41, 5.74) is 0. The first-order valence-electron chi connectivity index (χ1n) is 5.93. The first kappa shape index (κ1) is 16.1. The second-order valence-electron chi connectivity index (χ2n) is 4.95. The molecule has 0 saturated carbocycles. The molecular weight excluding hydrogens is 312 g/mol. The number of hydrogen-bond acceptors (Lipinski definition) is 1. The van der Waals surface area contributed by atoms with Crippen LogP contribution in [0.25, 0.3) is 0 Å². The molecule has 120 valence electrons. The third-order valence-corrected chi connectivity index (χ3v) is 3.43. The zero-order valence-corrected chi connectivity index (χ0v) is 10.3. The fraction of sp³-hybridized carbons (Fsp3) is 0.667. The van der Waals surface area contributed by atoms with Gasteiger partial charge in [0.25, 0.3) is 0 Å². The van der Waals surface area contributed by atoms with Gasteiger partial charge < -0.3 is 4.74 Å². The highest BCUT2D eigenvalue weighted by molar-refractivity contribution is 5.26. The van der Waals surface area contributed by atoms with Crippen LogP contribution in [0.3, 0.4) is 0 Å². The van der Waals surface area contributed by atoms with E-state index in [2.05, 4.69) is 4.74 Å². The minimum Gasteiger partial charge on any atom is -0.491 e. The molecule has 2 aliphatic carbocycles. The molecule has 2 bridgehead atoms. The minimum absolute atomic E-state index is 0.0293. The molecule has 2 unspecified atom stereocenters. The monoisotopic (exact) mass is 322 g/mol. The number of halogens is 8. The van der Waals surface area contributed by atoms with Crippen molar-refractivity contribution in [2.24, 2.45) is 11.8 Å². The van der Waals surface area contributed by atoms with Gasteiger partial charge in [-0.25, -0.2) is 8.78 Å². The van der Waals surface area contributed by atoms with Crippen LogP contribution < -0.4 is 0 Å². The Hall–Kier alpha value is -1.28. The van der Waals surface area contributed by atoms with Gasteiger partial charge in [-0.3, -0.25) is 0 Å². The van der Waals surface area contributed by atoms with E-state index < -0.39 is 30.8 Å². The van der Waals surface area contributed by atoms with E-state index in [1.165, 1.54) is 6.08 Å². The predicted octanol–water partition coefficient (Wildman–Crippen LogP) is 4.26. The van der Waals surface area contributed by atoms with Crippen molar-refractivity contribution >= 4 is 0 Å². The fourth-order valence-electron chi connectivity index (χ4n) is 2.20. The van der Waals surface area contributed by atoms with Gasteiger partial charge in [-0.05, 0) is 18.4 Å². The molecule has 2 atom stereocenters. The largest absolute Gasteiger partial charge is 0.491 e. The molecular formula is C12H10F8O. The normalized spacial score (nSPS) is 25.7. The van der Waals surface area contributed by atoms with Crippen molar-refractivity contribution in [3.05, 3.63) is 24.0 Å². The molecule has 21 heavy (non-hydrogen) atoms. The summed E-state index contributed by atoms with van der Waals surface area (Å²) in [5, 5.41) is 0. The average Bonchev–Trinajstić information content (AvgIpc) is 2.97. The Balaban J connectivity index is 2.06. The van der Waals surface area contributed by atoms with Crippen molar-refractivity contribution in [3.63, 3.8) is 0 Å². The summed E-state index contributed by atoms with van der Waals surface area (Å²) in [4.78, 5) is 0. The van der Waals surface area contributed by atoms with Crippen molar-refractivity contribution in [2.45, 2.75) is 30.6 Å². The third kappa shape index (κ3) is 2.50. The van der Waals surface area contributed by atoms with E-state index in [1.54, 1.807) is 12.2 Å². The highest BCUT2D eigenvalue weighted by Crippen LogP contribution is 2.49. The second-order valence-corrected chi connectivity index (χ2v) is 4.95. The third-order valence-electron chi connectivity index (χ3n) is 3.43. The van der Waals surface area contributed by atoms with E-state index in [9.17, 15) is 35.1 Å². The highest BCUT2D eigenvalue weighted by atomic mass is 19.4. The first-order chi connectivity index (χ1) is 9.49. The molecule has 2 rings (SSSR count). The molecule has 0 aliphatic heterocycles. The van der Waals surface area contributed by atoms with E-state index in [0.29, 0.717) is 6.42 Å². The Morgan fingerprint density at radius 1 is 1.10 bits per heavy atom. The van der Waals surface area contributed by atoms with Gasteiger partial charge in [-0.2, -0.15) is 26.3 Å². The number of allylic oxidation sites excluding steroid dienone is 3. The summed E-state index contributed by atoms with van der Waals surface area (Å²) in [6, 6.07) is 0. The maximum atomic E-state index is 13.2. The Labute approximate surface area is 114 Å². The van der Waals surface area contributed by atoms with Crippen LogP contribution in [0.4, 0.5) is 35.1 Å². The molecule has 0 amide bonds. The number of hydrogen-bond donors (Lipinski definition) is 0. The fourth-order valence-corrected chi connectivity index (χ4v) is 2.20. The zero-order chi connectivity index (χ0) is 16.1. The van der Waals surface area contributed by atoms with E-state index in [0.717, 1.165) is 0 Å². The number of ether oxygens (including phenoxy) is 1. The lowest BCUT2D eigenvalue weighted by molar-refractivity contribution is -0.344. The van der Waals surface area contributed by atoms with Gasteiger partial charge >= 0.3 is 24.2 Å². The minimum atomic E-state index is -6.22. The number of alkyl halides is 8. The van der Waals surface area contributed by atoms with Crippen LogP contribution in [0.5, 0.6) is 0 Å². The van der Waals surface area contributed by atoms with Crippen molar-refractivity contribution in [2.75, 3.05) is 6.61 Å². The van der Waals surface area contributed by atoms with Crippen molar-refractivity contribution < 1.29 is 39.9 Å². The average molecular weight is 322 g/mol. The number of fused-ring (bicyclic) bond motifs is 2. The van der Waals surface area contributed by atoms with Crippen molar-refractivity contribution in [1.82, 2.24) is 0 Å². The van der Waals surface area contributed by atoms with Crippen LogP contribution in [0.15, 0.2) is 24.0 Å². The van der Waals surface area contributed by atoms with E-state index in [4.69, 9.17) is 0 Å². The molecule has 0 N–H and O–H groups in total. The van der Waals surface area contributed by atoms with Crippen LogP contribution >= 0.6 is 0 Å². The van der Waals surface area contributed by atoms with Crippen LogP contribution in [-0.4, -0.2) is 30.8 Å². The van der Waals surface area contributed by atoms with Gasteiger partial charge in [0.1, 0.15) is 0 Å². The standard InChI is InChI=1S/C12H10F8O/c13-9(14)11(17,18)12(19,20)10(15,16)5-21-8-4-6-1-2-7(8)3-6/h1-2,4,6-7,9H,3,5H2. The quantitative estimate of drug-likeness (QED) is 0.524. The summed E-state index contributed by atoms with van der Waals surface area (Å²) >= 11 is 0. The molecule has 2 aliphatic rings. The van der Waals surface area contributed by atoms with Crippen molar-refractivity contribution in [3.8, 4) is 0 Å². The van der Waals surface area contributed by atoms with Crippen LogP contribution in [0.2, 0.25) is 0 Å². The van der Waals surface area contributed by atoms with Gasteiger partial charge in [-0.1, -0.05) is 12.2 Å². The van der Waals surface area contributed by atoms with E-state index in [1.807, 2.05) is 0 Å². The van der Waals surface area contributed by atoms with Gasteiger partial charge in [0.2, 0.25) is 0 Å².